The minimum absolute atomic E-state index is 0.0961. The van der Waals surface area contributed by atoms with Gasteiger partial charge in [0.2, 0.25) is 0 Å². The normalized spacial score (nSPS) is 10.0. The molecule has 0 aliphatic carbocycles. The summed E-state index contributed by atoms with van der Waals surface area (Å²) in [5.74, 6) is -1.12. The van der Waals surface area contributed by atoms with E-state index >= 15 is 0 Å². The van der Waals surface area contributed by atoms with Crippen molar-refractivity contribution in [2.75, 3.05) is 0 Å². The molecule has 5 nitrogen and oxygen atoms in total. The molecule has 0 bridgehead atoms. The quantitative estimate of drug-likeness (QED) is 0.739. The molecule has 3 N–H and O–H groups in total. The van der Waals surface area contributed by atoms with Crippen LogP contribution in [0.1, 0.15) is 31.8 Å². The fourth-order valence-corrected chi connectivity index (χ4v) is 1.91. The third-order valence-electron chi connectivity index (χ3n) is 3.29. The van der Waals surface area contributed by atoms with Crippen LogP contribution in [0.4, 0.5) is 0 Å². The van der Waals surface area contributed by atoms with Crippen molar-refractivity contribution in [3.63, 3.8) is 0 Å². The van der Waals surface area contributed by atoms with Crippen molar-refractivity contribution in [1.82, 2.24) is 10.9 Å². The summed E-state index contributed by atoms with van der Waals surface area (Å²) in [4.78, 5) is 23.9. The number of amides is 2. The average molecular weight is 284 g/mol. The molecule has 0 heterocycles. The summed E-state index contributed by atoms with van der Waals surface area (Å²) in [6, 6.07) is 11.5. The Morgan fingerprint density at radius 1 is 0.857 bits per heavy atom. The van der Waals surface area contributed by atoms with Gasteiger partial charge in [-0.15, -0.1) is 0 Å². The van der Waals surface area contributed by atoms with Crippen molar-refractivity contribution in [3.05, 3.63) is 64.7 Å². The summed E-state index contributed by atoms with van der Waals surface area (Å²) < 4.78 is 0. The molecule has 0 fully saturated rings. The molecule has 0 saturated carbocycles. The third kappa shape index (κ3) is 3.20. The van der Waals surface area contributed by atoms with Crippen molar-refractivity contribution < 1.29 is 14.7 Å². The number of hydrogen-bond acceptors (Lipinski definition) is 3. The fourth-order valence-electron chi connectivity index (χ4n) is 1.91. The van der Waals surface area contributed by atoms with Crippen molar-refractivity contribution in [3.8, 4) is 5.75 Å². The summed E-state index contributed by atoms with van der Waals surface area (Å²) in [7, 11) is 0. The number of hydrazine groups is 1. The van der Waals surface area contributed by atoms with Crippen LogP contribution in [-0.2, 0) is 0 Å². The zero-order chi connectivity index (χ0) is 15.4. The van der Waals surface area contributed by atoms with Crippen LogP contribution < -0.4 is 10.9 Å². The highest BCUT2D eigenvalue weighted by molar-refractivity contribution is 6.01. The van der Waals surface area contributed by atoms with Crippen LogP contribution in [0.3, 0.4) is 0 Å². The molecule has 108 valence electrons. The van der Waals surface area contributed by atoms with Crippen molar-refractivity contribution >= 4 is 11.8 Å². The zero-order valence-electron chi connectivity index (χ0n) is 11.8. The maximum Gasteiger partial charge on any atom is 0.273 e. The molecular weight excluding hydrogens is 268 g/mol. The molecule has 2 amide bonds. The molecule has 2 aromatic rings. The van der Waals surface area contributed by atoms with Gasteiger partial charge in [0.05, 0.1) is 5.56 Å². The number of phenolic OH excluding ortho intramolecular Hbond substituents is 1. The van der Waals surface area contributed by atoms with Crippen LogP contribution >= 0.6 is 0 Å². The van der Waals surface area contributed by atoms with E-state index in [1.807, 2.05) is 19.9 Å². The Hall–Kier alpha value is -2.82. The monoisotopic (exact) mass is 284 g/mol. The summed E-state index contributed by atoms with van der Waals surface area (Å²) in [6.07, 6.45) is 0. The number of nitrogens with one attached hydrogen (secondary N) is 2. The molecule has 21 heavy (non-hydrogen) atoms. The summed E-state index contributed by atoms with van der Waals surface area (Å²) >= 11 is 0. The van der Waals surface area contributed by atoms with Gasteiger partial charge in [-0.2, -0.15) is 0 Å². The first-order chi connectivity index (χ1) is 10.0. The molecule has 0 saturated heterocycles. The predicted molar refractivity (Wildman–Crippen MR) is 79.0 cm³/mol. The van der Waals surface area contributed by atoms with E-state index < -0.39 is 11.8 Å². The van der Waals surface area contributed by atoms with E-state index in [2.05, 4.69) is 10.9 Å². The van der Waals surface area contributed by atoms with Crippen LogP contribution in [0.15, 0.2) is 42.5 Å². The maximum atomic E-state index is 12.1. The van der Waals surface area contributed by atoms with Crippen molar-refractivity contribution in [2.24, 2.45) is 0 Å². The van der Waals surface area contributed by atoms with E-state index in [1.54, 1.807) is 24.3 Å². The average Bonchev–Trinajstić information content (AvgIpc) is 2.47. The highest BCUT2D eigenvalue weighted by Gasteiger charge is 2.13. The lowest BCUT2D eigenvalue weighted by atomic mass is 10.0. The molecule has 0 aliphatic rings. The minimum atomic E-state index is -0.577. The Morgan fingerprint density at radius 2 is 1.43 bits per heavy atom. The van der Waals surface area contributed by atoms with E-state index in [-0.39, 0.29) is 11.3 Å². The Labute approximate surface area is 122 Å². The number of para-hydroxylation sites is 1. The highest BCUT2D eigenvalue weighted by atomic mass is 16.3. The van der Waals surface area contributed by atoms with Crippen molar-refractivity contribution in [2.45, 2.75) is 13.8 Å². The number of aryl methyl sites for hydroxylation is 1. The van der Waals surface area contributed by atoms with Crippen LogP contribution in [0.25, 0.3) is 0 Å². The number of carbonyl (C=O) groups excluding carboxylic acids is 2. The van der Waals surface area contributed by atoms with Gasteiger partial charge < -0.3 is 5.11 Å². The Morgan fingerprint density at radius 3 is 2.10 bits per heavy atom. The van der Waals surface area contributed by atoms with Gasteiger partial charge in [-0.05, 0) is 43.2 Å². The number of aromatic hydroxyl groups is 1. The number of rotatable bonds is 2. The van der Waals surface area contributed by atoms with Crippen LogP contribution in [0, 0.1) is 13.8 Å². The van der Waals surface area contributed by atoms with Crippen LogP contribution in [0.2, 0.25) is 0 Å². The molecule has 0 spiro atoms. The Balaban J connectivity index is 2.06. The second-order valence-corrected chi connectivity index (χ2v) is 4.67. The lowest BCUT2D eigenvalue weighted by Crippen LogP contribution is -2.41. The smallest absolute Gasteiger partial charge is 0.273 e. The Bertz CT molecular complexity index is 696. The molecule has 0 atom stereocenters. The topological polar surface area (TPSA) is 78.4 Å². The lowest BCUT2D eigenvalue weighted by Gasteiger charge is -2.11. The first-order valence-corrected chi connectivity index (χ1v) is 6.45. The Kier molecular flexibility index (Phi) is 4.23. The van der Waals surface area contributed by atoms with Crippen LogP contribution in [0.5, 0.6) is 5.75 Å². The van der Waals surface area contributed by atoms with Crippen molar-refractivity contribution in [1.29, 1.82) is 0 Å². The molecule has 2 aromatic carbocycles. The highest BCUT2D eigenvalue weighted by Crippen LogP contribution is 2.15. The number of benzene rings is 2. The first kappa shape index (κ1) is 14.6. The van der Waals surface area contributed by atoms with E-state index in [1.165, 1.54) is 12.1 Å². The van der Waals surface area contributed by atoms with E-state index in [4.69, 9.17) is 0 Å². The second kappa shape index (κ2) is 6.09. The van der Waals surface area contributed by atoms with Gasteiger partial charge >= 0.3 is 0 Å². The molecule has 0 aromatic heterocycles. The minimum Gasteiger partial charge on any atom is -0.507 e. The molecule has 2 rings (SSSR count). The van der Waals surface area contributed by atoms with Gasteiger partial charge in [0.15, 0.2) is 0 Å². The van der Waals surface area contributed by atoms with E-state index in [0.29, 0.717) is 5.56 Å². The first-order valence-electron chi connectivity index (χ1n) is 6.45. The fraction of sp³-hybridized carbons (Fsp3) is 0.125. The van der Waals surface area contributed by atoms with E-state index in [0.717, 1.165) is 11.1 Å². The summed E-state index contributed by atoms with van der Waals surface area (Å²) in [6.45, 7) is 3.75. The standard InChI is InChI=1S/C16H16N2O3/c1-10-6-5-8-12(11(10)2)15(20)17-18-16(21)13-7-3-4-9-14(13)19/h3-9,19H,1-2H3,(H,17,20)(H,18,21). The molecule has 0 aliphatic heterocycles. The third-order valence-corrected chi connectivity index (χ3v) is 3.29. The van der Waals surface area contributed by atoms with Gasteiger partial charge in [-0.3, -0.25) is 20.4 Å². The largest absolute Gasteiger partial charge is 0.507 e. The second-order valence-electron chi connectivity index (χ2n) is 4.67. The molecule has 5 heteroatoms. The van der Waals surface area contributed by atoms with Gasteiger partial charge in [0.25, 0.3) is 11.8 Å². The zero-order valence-corrected chi connectivity index (χ0v) is 11.8. The van der Waals surface area contributed by atoms with E-state index in [9.17, 15) is 14.7 Å². The SMILES string of the molecule is Cc1cccc(C(=O)NNC(=O)c2ccccc2O)c1C. The van der Waals surface area contributed by atoms with Gasteiger partial charge in [-0.1, -0.05) is 24.3 Å². The summed E-state index contributed by atoms with van der Waals surface area (Å²) in [5, 5.41) is 9.57. The summed E-state index contributed by atoms with van der Waals surface area (Å²) in [5.41, 5.74) is 7.07. The number of hydrogen-bond donors (Lipinski definition) is 3. The number of carbonyl (C=O) groups is 2. The predicted octanol–water partition coefficient (Wildman–Crippen LogP) is 2.08. The number of phenols is 1. The van der Waals surface area contributed by atoms with Gasteiger partial charge in [-0.25, -0.2) is 0 Å². The molecule has 0 unspecified atom stereocenters. The maximum absolute atomic E-state index is 12.1. The lowest BCUT2D eigenvalue weighted by molar-refractivity contribution is 0.0844. The van der Waals surface area contributed by atoms with Gasteiger partial charge in [0.1, 0.15) is 5.75 Å². The molecule has 0 radical (unpaired) electrons. The molecular formula is C16H16N2O3. The van der Waals surface area contributed by atoms with Crippen LogP contribution in [-0.4, -0.2) is 16.9 Å². The van der Waals surface area contributed by atoms with Gasteiger partial charge in [0, 0.05) is 5.56 Å².